The highest BCUT2D eigenvalue weighted by atomic mass is 32.1. The van der Waals surface area contributed by atoms with E-state index in [9.17, 15) is 4.79 Å². The van der Waals surface area contributed by atoms with Gasteiger partial charge >= 0.3 is 5.97 Å². The van der Waals surface area contributed by atoms with Gasteiger partial charge in [-0.25, -0.2) is 4.79 Å². The van der Waals surface area contributed by atoms with Crippen molar-refractivity contribution in [2.45, 2.75) is 13.3 Å². The second kappa shape index (κ2) is 6.12. The molecule has 0 fully saturated rings. The number of thiophene rings is 1. The first-order chi connectivity index (χ1) is 8.75. The van der Waals surface area contributed by atoms with Crippen LogP contribution in [-0.4, -0.2) is 11.7 Å². The maximum absolute atomic E-state index is 10.8. The molecule has 0 aliphatic carbocycles. The van der Waals surface area contributed by atoms with Crippen LogP contribution in [0.2, 0.25) is 0 Å². The molecule has 0 spiro atoms. The summed E-state index contributed by atoms with van der Waals surface area (Å²) in [5, 5.41) is 5.91. The summed E-state index contributed by atoms with van der Waals surface area (Å²) in [6.45, 7) is 1.35. The summed E-state index contributed by atoms with van der Waals surface area (Å²) in [4.78, 5) is 16.6. The van der Waals surface area contributed by atoms with E-state index in [-0.39, 0.29) is 0 Å². The highest BCUT2D eigenvalue weighted by Gasteiger charge is 2.07. The van der Waals surface area contributed by atoms with Crippen LogP contribution in [-0.2, 0) is 16.1 Å². The lowest BCUT2D eigenvalue weighted by Gasteiger charge is -2.03. The quantitative estimate of drug-likeness (QED) is 0.480. The fourth-order valence-corrected chi connectivity index (χ4v) is 2.22. The minimum Gasteiger partial charge on any atom is -0.318 e. The highest BCUT2D eigenvalue weighted by Crippen LogP contribution is 2.14. The molecule has 0 atom stereocenters. The van der Waals surface area contributed by atoms with Gasteiger partial charge in [0.15, 0.2) is 0 Å². The van der Waals surface area contributed by atoms with Gasteiger partial charge in [0, 0.05) is 13.3 Å². The minimum absolute atomic E-state index is 0.405. The Kier molecular flexibility index (Phi) is 4.25. The molecule has 0 aliphatic rings. The average molecular weight is 259 g/mol. The standard InChI is InChI=1S/C14H13NO2S/c1-11(16)17-15-13(14-8-5-9-18-14)10-12-6-3-2-4-7-12/h2-9H,10H2,1H3/b15-13+. The molecule has 0 saturated heterocycles. The first-order valence-corrected chi connectivity index (χ1v) is 6.46. The lowest BCUT2D eigenvalue weighted by molar-refractivity contribution is -0.140. The third-order valence-corrected chi connectivity index (χ3v) is 3.22. The van der Waals surface area contributed by atoms with Crippen LogP contribution >= 0.6 is 11.3 Å². The van der Waals surface area contributed by atoms with Gasteiger partial charge in [-0.05, 0) is 17.0 Å². The Morgan fingerprint density at radius 1 is 1.22 bits per heavy atom. The number of benzene rings is 1. The molecule has 0 radical (unpaired) electrons. The zero-order valence-electron chi connectivity index (χ0n) is 10.00. The number of hydrogen-bond acceptors (Lipinski definition) is 4. The Balaban J connectivity index is 2.20. The van der Waals surface area contributed by atoms with Crippen molar-refractivity contribution in [3.05, 3.63) is 58.3 Å². The van der Waals surface area contributed by atoms with Crippen LogP contribution in [0.5, 0.6) is 0 Å². The summed E-state index contributed by atoms with van der Waals surface area (Å²) in [6.07, 6.45) is 0.647. The zero-order valence-corrected chi connectivity index (χ0v) is 10.8. The van der Waals surface area contributed by atoms with E-state index < -0.39 is 5.97 Å². The van der Waals surface area contributed by atoms with Crippen LogP contribution in [0, 0.1) is 0 Å². The molecule has 1 heterocycles. The number of hydrogen-bond donors (Lipinski definition) is 0. The predicted molar refractivity (Wildman–Crippen MR) is 72.8 cm³/mol. The minimum atomic E-state index is -0.405. The van der Waals surface area contributed by atoms with Gasteiger partial charge in [-0.1, -0.05) is 41.6 Å². The van der Waals surface area contributed by atoms with Crippen LogP contribution in [0.1, 0.15) is 17.4 Å². The summed E-state index contributed by atoms with van der Waals surface area (Å²) in [6, 6.07) is 13.9. The highest BCUT2D eigenvalue weighted by molar-refractivity contribution is 7.12. The molecule has 92 valence electrons. The second-order valence-electron chi connectivity index (χ2n) is 3.76. The lowest BCUT2D eigenvalue weighted by atomic mass is 10.1. The summed E-state index contributed by atoms with van der Waals surface area (Å²) in [5.41, 5.74) is 1.91. The van der Waals surface area contributed by atoms with Crippen molar-refractivity contribution < 1.29 is 9.63 Å². The van der Waals surface area contributed by atoms with E-state index in [4.69, 9.17) is 4.84 Å². The van der Waals surface area contributed by atoms with E-state index in [2.05, 4.69) is 5.16 Å². The second-order valence-corrected chi connectivity index (χ2v) is 4.71. The summed E-state index contributed by atoms with van der Waals surface area (Å²) >= 11 is 1.58. The number of nitrogens with zero attached hydrogens (tertiary/aromatic N) is 1. The van der Waals surface area contributed by atoms with Gasteiger partial charge in [0.2, 0.25) is 0 Å². The molecule has 2 aromatic rings. The van der Waals surface area contributed by atoms with Crippen LogP contribution in [0.3, 0.4) is 0 Å². The number of carbonyl (C=O) groups is 1. The smallest absolute Gasteiger partial charge is 0.318 e. The summed E-state index contributed by atoms with van der Waals surface area (Å²) < 4.78 is 0. The van der Waals surface area contributed by atoms with Gasteiger partial charge in [-0.15, -0.1) is 11.3 Å². The van der Waals surface area contributed by atoms with Crippen molar-refractivity contribution in [3.8, 4) is 0 Å². The molecule has 0 bridgehead atoms. The van der Waals surface area contributed by atoms with Crippen molar-refractivity contribution in [1.82, 2.24) is 0 Å². The van der Waals surface area contributed by atoms with E-state index in [1.807, 2.05) is 47.8 Å². The maximum atomic E-state index is 10.8. The van der Waals surface area contributed by atoms with Crippen LogP contribution in [0.25, 0.3) is 0 Å². The van der Waals surface area contributed by atoms with Gasteiger partial charge in [-0.3, -0.25) is 0 Å². The number of carbonyl (C=O) groups excluding carboxylic acids is 1. The summed E-state index contributed by atoms with van der Waals surface area (Å²) in [7, 11) is 0. The molecule has 18 heavy (non-hydrogen) atoms. The topological polar surface area (TPSA) is 38.7 Å². The zero-order chi connectivity index (χ0) is 12.8. The van der Waals surface area contributed by atoms with Crippen molar-refractivity contribution in [2.75, 3.05) is 0 Å². The Morgan fingerprint density at radius 3 is 2.61 bits per heavy atom. The molecule has 4 heteroatoms. The fourth-order valence-electron chi connectivity index (χ4n) is 1.52. The normalized spacial score (nSPS) is 11.3. The molecule has 0 amide bonds. The molecule has 3 nitrogen and oxygen atoms in total. The van der Waals surface area contributed by atoms with Gasteiger partial charge in [0.1, 0.15) is 5.71 Å². The van der Waals surface area contributed by atoms with Gasteiger partial charge in [0.05, 0.1) is 4.88 Å². The van der Waals surface area contributed by atoms with E-state index in [0.717, 1.165) is 16.2 Å². The third-order valence-electron chi connectivity index (χ3n) is 2.30. The molecule has 0 saturated carbocycles. The Morgan fingerprint density at radius 2 is 2.00 bits per heavy atom. The fraction of sp³-hybridized carbons (Fsp3) is 0.143. The maximum Gasteiger partial charge on any atom is 0.331 e. The van der Waals surface area contributed by atoms with E-state index in [1.165, 1.54) is 6.92 Å². The van der Waals surface area contributed by atoms with Gasteiger partial charge < -0.3 is 4.84 Å². The largest absolute Gasteiger partial charge is 0.331 e. The first kappa shape index (κ1) is 12.5. The molecule has 1 aromatic heterocycles. The Hall–Kier alpha value is -1.94. The summed E-state index contributed by atoms with van der Waals surface area (Å²) in [5.74, 6) is -0.405. The SMILES string of the molecule is CC(=O)O/N=C(\Cc1ccccc1)c1cccs1. The first-order valence-electron chi connectivity index (χ1n) is 5.58. The Bertz CT molecular complexity index is 532. The van der Waals surface area contributed by atoms with Crippen molar-refractivity contribution in [3.63, 3.8) is 0 Å². The molecule has 0 unspecified atom stereocenters. The Labute approximate surface area is 110 Å². The monoisotopic (exact) mass is 259 g/mol. The number of rotatable bonds is 4. The lowest BCUT2D eigenvalue weighted by Crippen LogP contribution is -2.06. The van der Waals surface area contributed by atoms with E-state index >= 15 is 0 Å². The average Bonchev–Trinajstić information content (AvgIpc) is 2.89. The molecule has 0 N–H and O–H groups in total. The van der Waals surface area contributed by atoms with Crippen molar-refractivity contribution in [1.29, 1.82) is 0 Å². The van der Waals surface area contributed by atoms with Gasteiger partial charge in [0.25, 0.3) is 0 Å². The van der Waals surface area contributed by atoms with Crippen molar-refractivity contribution in [2.24, 2.45) is 5.16 Å². The van der Waals surface area contributed by atoms with Gasteiger partial charge in [-0.2, -0.15) is 0 Å². The molecule has 0 aliphatic heterocycles. The molecular formula is C14H13NO2S. The van der Waals surface area contributed by atoms with Crippen LogP contribution < -0.4 is 0 Å². The van der Waals surface area contributed by atoms with Crippen molar-refractivity contribution >= 4 is 23.0 Å². The molecule has 1 aromatic carbocycles. The van der Waals surface area contributed by atoms with E-state index in [0.29, 0.717) is 6.42 Å². The molecule has 2 rings (SSSR count). The van der Waals surface area contributed by atoms with Crippen LogP contribution in [0.4, 0.5) is 0 Å². The molecular weight excluding hydrogens is 246 g/mol. The van der Waals surface area contributed by atoms with Crippen LogP contribution in [0.15, 0.2) is 53.0 Å². The predicted octanol–water partition coefficient (Wildman–Crippen LogP) is 3.26. The van der Waals surface area contributed by atoms with E-state index in [1.54, 1.807) is 11.3 Å². The number of oxime groups is 1. The third kappa shape index (κ3) is 3.53.